The molecule has 0 spiro atoms. The molecule has 0 saturated heterocycles. The minimum atomic E-state index is -1.15. The summed E-state index contributed by atoms with van der Waals surface area (Å²) in [5.74, 6) is -2.35. The molecule has 0 bridgehead atoms. The summed E-state index contributed by atoms with van der Waals surface area (Å²) in [6.07, 6.45) is -0.431. The molecule has 8 heteroatoms. The number of carbonyl (C=O) groups excluding carboxylic acids is 1. The lowest BCUT2D eigenvalue weighted by Gasteiger charge is -2.19. The van der Waals surface area contributed by atoms with Crippen LogP contribution >= 0.6 is 0 Å². The predicted molar refractivity (Wildman–Crippen MR) is 100.0 cm³/mol. The predicted octanol–water partition coefficient (Wildman–Crippen LogP) is 2.56. The second-order valence-corrected chi connectivity index (χ2v) is 6.30. The molecule has 0 aliphatic heterocycles. The number of carboxylic acid groups (broad SMARTS) is 1. The number of aromatic amines is 1. The van der Waals surface area contributed by atoms with E-state index in [0.717, 1.165) is 6.07 Å². The third-order valence-corrected chi connectivity index (χ3v) is 4.28. The maximum atomic E-state index is 13.6. The summed E-state index contributed by atoms with van der Waals surface area (Å²) in [6, 6.07) is 12.8. The molecule has 1 amide bonds. The fourth-order valence-electron chi connectivity index (χ4n) is 2.92. The number of nitrogens with one attached hydrogen (secondary N) is 2. The molecule has 3 N–H and O–H groups in total. The van der Waals surface area contributed by atoms with Crippen LogP contribution in [0.15, 0.2) is 59.4 Å². The van der Waals surface area contributed by atoms with Crippen molar-refractivity contribution in [1.29, 1.82) is 0 Å². The van der Waals surface area contributed by atoms with Crippen LogP contribution in [-0.2, 0) is 4.79 Å². The Bertz CT molecular complexity index is 1070. The van der Waals surface area contributed by atoms with E-state index in [9.17, 15) is 23.9 Å². The van der Waals surface area contributed by atoms with Gasteiger partial charge in [-0.15, -0.1) is 0 Å². The van der Waals surface area contributed by atoms with Crippen molar-refractivity contribution in [3.63, 3.8) is 0 Å². The molecule has 0 aliphatic carbocycles. The summed E-state index contributed by atoms with van der Waals surface area (Å²) >= 11 is 0. The van der Waals surface area contributed by atoms with Gasteiger partial charge < -0.3 is 10.4 Å². The molecular formula is C20H18FN3O4. The highest BCUT2D eigenvalue weighted by Gasteiger charge is 2.22. The van der Waals surface area contributed by atoms with E-state index in [1.807, 2.05) is 0 Å². The number of para-hydroxylation sites is 1. The third kappa shape index (κ3) is 4.17. The average Bonchev–Trinajstić information content (AvgIpc) is 3.05. The van der Waals surface area contributed by atoms with Gasteiger partial charge in [-0.05, 0) is 42.3 Å². The highest BCUT2D eigenvalue weighted by Crippen LogP contribution is 2.22. The average molecular weight is 383 g/mol. The Morgan fingerprint density at radius 2 is 1.89 bits per heavy atom. The molecule has 1 unspecified atom stereocenters. The molecular weight excluding hydrogens is 365 g/mol. The van der Waals surface area contributed by atoms with Crippen molar-refractivity contribution in [1.82, 2.24) is 15.1 Å². The van der Waals surface area contributed by atoms with Crippen molar-refractivity contribution in [3.05, 3.63) is 87.6 Å². The summed E-state index contributed by atoms with van der Waals surface area (Å²) in [5, 5.41) is 14.5. The van der Waals surface area contributed by atoms with Gasteiger partial charge in [0.2, 0.25) is 0 Å². The summed E-state index contributed by atoms with van der Waals surface area (Å²) in [4.78, 5) is 36.0. The summed E-state index contributed by atoms with van der Waals surface area (Å²) in [7, 11) is 0. The van der Waals surface area contributed by atoms with E-state index >= 15 is 0 Å². The Balaban J connectivity index is 1.90. The minimum Gasteiger partial charge on any atom is -0.481 e. The normalized spacial score (nSPS) is 11.8. The van der Waals surface area contributed by atoms with E-state index in [1.165, 1.54) is 22.9 Å². The molecule has 0 radical (unpaired) electrons. The number of aliphatic carboxylic acids is 1. The minimum absolute atomic E-state index is 0.0294. The maximum absolute atomic E-state index is 13.6. The lowest BCUT2D eigenvalue weighted by Crippen LogP contribution is -2.31. The summed E-state index contributed by atoms with van der Waals surface area (Å²) in [5.41, 5.74) is 1.09. The molecule has 3 rings (SSSR count). The first-order valence-electron chi connectivity index (χ1n) is 8.51. The van der Waals surface area contributed by atoms with E-state index in [4.69, 9.17) is 0 Å². The number of nitrogens with zero attached hydrogens (tertiary/aromatic N) is 1. The number of hydrogen-bond acceptors (Lipinski definition) is 3. The van der Waals surface area contributed by atoms with Gasteiger partial charge in [-0.2, -0.15) is 0 Å². The van der Waals surface area contributed by atoms with Crippen molar-refractivity contribution in [2.45, 2.75) is 19.4 Å². The number of aryl methyl sites for hydroxylation is 1. The number of halogens is 1. The van der Waals surface area contributed by atoms with E-state index in [2.05, 4.69) is 10.4 Å². The molecule has 1 heterocycles. The zero-order chi connectivity index (χ0) is 20.3. The lowest BCUT2D eigenvalue weighted by atomic mass is 9.98. The van der Waals surface area contributed by atoms with Crippen LogP contribution in [-0.4, -0.2) is 26.8 Å². The van der Waals surface area contributed by atoms with Gasteiger partial charge in [-0.3, -0.25) is 19.5 Å². The number of rotatable bonds is 6. The number of amides is 1. The SMILES string of the molecule is Cc1ccc(F)cc1C(CC(=O)O)NC(=O)c1cc(=O)n(-c2ccccc2)[nH]1. The first-order valence-corrected chi connectivity index (χ1v) is 8.51. The number of hydrogen-bond donors (Lipinski definition) is 3. The van der Waals surface area contributed by atoms with Crippen molar-refractivity contribution in [3.8, 4) is 5.69 Å². The van der Waals surface area contributed by atoms with Gasteiger partial charge in [-0.25, -0.2) is 9.07 Å². The monoisotopic (exact) mass is 383 g/mol. The van der Waals surface area contributed by atoms with E-state index in [-0.39, 0.29) is 5.69 Å². The van der Waals surface area contributed by atoms with Gasteiger partial charge in [0, 0.05) is 6.07 Å². The molecule has 28 heavy (non-hydrogen) atoms. The second kappa shape index (κ2) is 7.91. The Hall–Kier alpha value is -3.68. The molecule has 2 aromatic carbocycles. The molecule has 3 aromatic rings. The van der Waals surface area contributed by atoms with E-state index < -0.39 is 35.7 Å². The number of benzene rings is 2. The highest BCUT2D eigenvalue weighted by molar-refractivity contribution is 5.92. The Labute approximate surface area is 159 Å². The second-order valence-electron chi connectivity index (χ2n) is 6.30. The largest absolute Gasteiger partial charge is 0.481 e. The van der Waals surface area contributed by atoms with Crippen molar-refractivity contribution in [2.24, 2.45) is 0 Å². The van der Waals surface area contributed by atoms with Gasteiger partial charge in [-0.1, -0.05) is 24.3 Å². The molecule has 1 aromatic heterocycles. The molecule has 1 atom stereocenters. The van der Waals surface area contributed by atoms with Gasteiger partial charge in [0.25, 0.3) is 11.5 Å². The van der Waals surface area contributed by atoms with Crippen molar-refractivity contribution < 1.29 is 19.1 Å². The summed E-state index contributed by atoms with van der Waals surface area (Å²) in [6.45, 7) is 1.70. The fraction of sp³-hybridized carbons (Fsp3) is 0.150. The zero-order valence-corrected chi connectivity index (χ0v) is 15.0. The van der Waals surface area contributed by atoms with E-state index in [0.29, 0.717) is 16.8 Å². The fourth-order valence-corrected chi connectivity index (χ4v) is 2.92. The van der Waals surface area contributed by atoms with Gasteiger partial charge in [0.05, 0.1) is 18.2 Å². The van der Waals surface area contributed by atoms with Crippen LogP contribution in [0.4, 0.5) is 4.39 Å². The first kappa shape index (κ1) is 19.1. The van der Waals surface area contributed by atoms with Crippen LogP contribution in [0.3, 0.4) is 0 Å². The van der Waals surface area contributed by atoms with Crippen LogP contribution in [0.1, 0.15) is 34.1 Å². The number of carboxylic acids is 1. The smallest absolute Gasteiger partial charge is 0.305 e. The Morgan fingerprint density at radius 1 is 1.18 bits per heavy atom. The third-order valence-electron chi connectivity index (χ3n) is 4.28. The van der Waals surface area contributed by atoms with Crippen molar-refractivity contribution >= 4 is 11.9 Å². The van der Waals surface area contributed by atoms with Crippen LogP contribution in [0.5, 0.6) is 0 Å². The molecule has 0 aliphatic rings. The van der Waals surface area contributed by atoms with Crippen LogP contribution in [0, 0.1) is 12.7 Å². The van der Waals surface area contributed by atoms with Gasteiger partial charge >= 0.3 is 5.97 Å². The molecule has 0 fully saturated rings. The summed E-state index contributed by atoms with van der Waals surface area (Å²) < 4.78 is 14.8. The number of H-pyrrole nitrogens is 1. The maximum Gasteiger partial charge on any atom is 0.305 e. The Kier molecular flexibility index (Phi) is 5.39. The molecule has 7 nitrogen and oxygen atoms in total. The zero-order valence-electron chi connectivity index (χ0n) is 15.0. The van der Waals surface area contributed by atoms with Crippen LogP contribution in [0.2, 0.25) is 0 Å². The standard InChI is InChI=1S/C20H18FN3O4/c1-12-7-8-13(21)9-15(12)16(11-19(26)27)22-20(28)17-10-18(25)24(23-17)14-5-3-2-4-6-14/h2-10,16,23H,11H2,1H3,(H,22,28)(H,26,27). The Morgan fingerprint density at radius 3 is 2.57 bits per heavy atom. The topological polar surface area (TPSA) is 104 Å². The first-order chi connectivity index (χ1) is 13.3. The number of carbonyl (C=O) groups is 2. The lowest BCUT2D eigenvalue weighted by molar-refractivity contribution is -0.137. The highest BCUT2D eigenvalue weighted by atomic mass is 19.1. The van der Waals surface area contributed by atoms with Crippen LogP contribution < -0.4 is 10.9 Å². The number of aromatic nitrogens is 2. The molecule has 0 saturated carbocycles. The van der Waals surface area contributed by atoms with Gasteiger partial charge in [0.15, 0.2) is 0 Å². The van der Waals surface area contributed by atoms with Gasteiger partial charge in [0.1, 0.15) is 11.5 Å². The van der Waals surface area contributed by atoms with Crippen molar-refractivity contribution in [2.75, 3.05) is 0 Å². The van der Waals surface area contributed by atoms with Crippen LogP contribution in [0.25, 0.3) is 5.69 Å². The molecule has 144 valence electrons. The quantitative estimate of drug-likeness (QED) is 0.608. The van der Waals surface area contributed by atoms with E-state index in [1.54, 1.807) is 37.3 Å².